The van der Waals surface area contributed by atoms with Crippen LogP contribution in [0.3, 0.4) is 0 Å². The molecule has 3 heterocycles. The molecule has 3 aliphatic heterocycles. The summed E-state index contributed by atoms with van der Waals surface area (Å²) in [6.07, 6.45) is 2.81. The van der Waals surface area contributed by atoms with Crippen LogP contribution in [0.2, 0.25) is 0 Å². The molecule has 2 aromatic carbocycles. The molecule has 3 aliphatic rings. The number of ether oxygens (including phenoxy) is 2. The molecule has 0 aliphatic carbocycles. The third-order valence-corrected chi connectivity index (χ3v) is 10.1. The maximum absolute atomic E-state index is 14.1. The average Bonchev–Trinajstić information content (AvgIpc) is 3.12. The van der Waals surface area contributed by atoms with E-state index < -0.39 is 35.6 Å². The number of piperazine rings is 1. The molecule has 0 aromatic heterocycles. The van der Waals surface area contributed by atoms with Crippen LogP contribution in [0, 0.1) is 12.8 Å². The molecule has 2 fully saturated rings. The second-order valence-corrected chi connectivity index (χ2v) is 15.4. The van der Waals surface area contributed by atoms with E-state index in [0.29, 0.717) is 58.7 Å². The van der Waals surface area contributed by atoms with E-state index >= 15 is 0 Å². The van der Waals surface area contributed by atoms with Gasteiger partial charge in [-0.3, -0.25) is 24.1 Å². The lowest BCUT2D eigenvalue weighted by Crippen LogP contribution is -2.57. The van der Waals surface area contributed by atoms with Gasteiger partial charge in [-0.15, -0.1) is 0 Å². The topological polar surface area (TPSA) is 150 Å². The molecule has 13 heteroatoms. The molecule has 288 valence electrons. The van der Waals surface area contributed by atoms with E-state index in [4.69, 9.17) is 9.47 Å². The van der Waals surface area contributed by atoms with Gasteiger partial charge in [-0.1, -0.05) is 36.4 Å². The third kappa shape index (κ3) is 12.2. The Balaban J connectivity index is 1.32. The van der Waals surface area contributed by atoms with Crippen molar-refractivity contribution in [2.24, 2.45) is 5.92 Å². The van der Waals surface area contributed by atoms with Gasteiger partial charge in [0.1, 0.15) is 23.4 Å². The Bertz CT molecular complexity index is 1590. The van der Waals surface area contributed by atoms with E-state index in [0.717, 1.165) is 41.7 Å². The summed E-state index contributed by atoms with van der Waals surface area (Å²) in [5.74, 6) is -0.617. The number of aryl methyl sites for hydroxylation is 2. The molecule has 2 aromatic rings. The van der Waals surface area contributed by atoms with Gasteiger partial charge in [-0.25, -0.2) is 4.79 Å². The summed E-state index contributed by atoms with van der Waals surface area (Å²) in [6.45, 7) is 11.0. The van der Waals surface area contributed by atoms with Crippen LogP contribution in [-0.4, -0.2) is 115 Å². The van der Waals surface area contributed by atoms with E-state index in [1.165, 1.54) is 0 Å². The predicted molar refractivity (Wildman–Crippen MR) is 200 cm³/mol. The second-order valence-electron chi connectivity index (χ2n) is 15.4. The highest BCUT2D eigenvalue weighted by atomic mass is 16.6. The van der Waals surface area contributed by atoms with Gasteiger partial charge in [0.15, 0.2) is 0 Å². The van der Waals surface area contributed by atoms with Crippen molar-refractivity contribution >= 4 is 29.7 Å². The highest BCUT2D eigenvalue weighted by Crippen LogP contribution is 2.23. The third-order valence-electron chi connectivity index (χ3n) is 10.1. The first-order chi connectivity index (χ1) is 25.3. The predicted octanol–water partition coefficient (Wildman–Crippen LogP) is 3.18. The summed E-state index contributed by atoms with van der Waals surface area (Å²) < 4.78 is 11.6. The quantitative estimate of drug-likeness (QED) is 0.410. The monoisotopic (exact) mass is 732 g/mol. The number of piperidine rings is 1. The Kier molecular flexibility index (Phi) is 13.7. The van der Waals surface area contributed by atoms with Crippen molar-refractivity contribution in [2.75, 3.05) is 52.4 Å². The molecule has 1 unspecified atom stereocenters. The smallest absolute Gasteiger partial charge is 0.410 e. The fourth-order valence-electron chi connectivity index (χ4n) is 6.97. The Hall–Kier alpha value is -4.65. The van der Waals surface area contributed by atoms with Crippen molar-refractivity contribution in [3.63, 3.8) is 0 Å². The Morgan fingerprint density at radius 1 is 0.962 bits per heavy atom. The molecule has 13 nitrogen and oxygen atoms in total. The number of nitrogens with zero attached hydrogens (tertiary/aromatic N) is 3. The van der Waals surface area contributed by atoms with Crippen LogP contribution in [0.15, 0.2) is 48.5 Å². The molecule has 5 amide bonds. The number of benzene rings is 2. The van der Waals surface area contributed by atoms with Crippen LogP contribution < -0.4 is 20.7 Å². The normalized spacial score (nSPS) is 22.4. The standard InChI is InChI=1S/C40H56N6O7/c1-28-12-14-32-23-31(28)25-41-37(49)33(15-13-29-9-6-5-7-10-29)43-38(50)34(24-36(48)46-17-8-11-30(26-46)16-22-52-32)42-35(47)27-44-18-20-45(21-19-44)39(51)53-40(2,3)4/h5-7,9-10,12,14,23,30,33-34H,8,11,13,15-22,24-27H2,1-4H3,(H,41,49)(H,42,47)(H,43,50)/t30?,33-,34-/m0/s1. The zero-order valence-electron chi connectivity index (χ0n) is 31.7. The number of hydrogen-bond donors (Lipinski definition) is 3. The minimum absolute atomic E-state index is 0.0117. The molecule has 3 atom stereocenters. The van der Waals surface area contributed by atoms with Crippen molar-refractivity contribution in [3.8, 4) is 5.75 Å². The summed E-state index contributed by atoms with van der Waals surface area (Å²) in [5, 5.41) is 8.73. The first-order valence-electron chi connectivity index (χ1n) is 18.9. The number of carbonyl (C=O) groups excluding carboxylic acids is 5. The largest absolute Gasteiger partial charge is 0.494 e. The van der Waals surface area contributed by atoms with Crippen LogP contribution in [-0.2, 0) is 36.9 Å². The minimum atomic E-state index is -1.19. The number of nitrogens with one attached hydrogen (secondary N) is 3. The molecule has 53 heavy (non-hydrogen) atoms. The molecule has 0 spiro atoms. The molecule has 2 saturated heterocycles. The number of hydrogen-bond acceptors (Lipinski definition) is 8. The lowest BCUT2D eigenvalue weighted by atomic mass is 9.94. The van der Waals surface area contributed by atoms with Gasteiger partial charge in [0.05, 0.1) is 19.6 Å². The summed E-state index contributed by atoms with van der Waals surface area (Å²) in [6, 6.07) is 13.4. The van der Waals surface area contributed by atoms with Gasteiger partial charge < -0.3 is 35.2 Å². The van der Waals surface area contributed by atoms with Gasteiger partial charge in [-0.2, -0.15) is 0 Å². The van der Waals surface area contributed by atoms with Gasteiger partial charge in [0.25, 0.3) is 0 Å². The van der Waals surface area contributed by atoms with Crippen molar-refractivity contribution in [1.29, 1.82) is 0 Å². The zero-order chi connectivity index (χ0) is 38.0. The van der Waals surface area contributed by atoms with Crippen LogP contribution in [0.25, 0.3) is 0 Å². The minimum Gasteiger partial charge on any atom is -0.494 e. The fourth-order valence-corrected chi connectivity index (χ4v) is 6.97. The number of rotatable bonds is 6. The SMILES string of the molecule is Cc1ccc2cc1CNC(=O)[C@H](CCc1ccccc1)NC(=O)[C@@H](NC(=O)CN1CCN(C(=O)OC(C)(C)C)CC1)CC(=O)N1CCCC(CCO2)C1. The lowest BCUT2D eigenvalue weighted by Gasteiger charge is -2.35. The van der Waals surface area contributed by atoms with E-state index in [1.54, 1.807) is 9.80 Å². The first-order valence-corrected chi connectivity index (χ1v) is 18.9. The zero-order valence-corrected chi connectivity index (χ0v) is 31.7. The highest BCUT2D eigenvalue weighted by molar-refractivity contribution is 5.95. The molecule has 0 saturated carbocycles. The van der Waals surface area contributed by atoms with Gasteiger partial charge in [-0.05, 0) is 94.5 Å². The molecular weight excluding hydrogens is 676 g/mol. The van der Waals surface area contributed by atoms with E-state index in [9.17, 15) is 24.0 Å². The summed E-state index contributed by atoms with van der Waals surface area (Å²) in [7, 11) is 0. The van der Waals surface area contributed by atoms with Crippen LogP contribution in [0.1, 0.15) is 69.6 Å². The molecular formula is C40H56N6O7. The van der Waals surface area contributed by atoms with Crippen molar-refractivity contribution < 1.29 is 33.4 Å². The molecule has 4 bridgehead atoms. The fraction of sp³-hybridized carbons (Fsp3) is 0.575. The van der Waals surface area contributed by atoms with E-state index in [2.05, 4.69) is 16.0 Å². The molecule has 0 radical (unpaired) electrons. The number of fused-ring (bicyclic) bond motifs is 4. The first kappa shape index (κ1) is 39.6. The van der Waals surface area contributed by atoms with Crippen molar-refractivity contribution in [3.05, 3.63) is 65.2 Å². The average molecular weight is 733 g/mol. The summed E-state index contributed by atoms with van der Waals surface area (Å²) in [4.78, 5) is 73.0. The van der Waals surface area contributed by atoms with E-state index in [1.807, 2.05) is 81.1 Å². The van der Waals surface area contributed by atoms with Crippen molar-refractivity contribution in [2.45, 2.75) is 90.4 Å². The Morgan fingerprint density at radius 2 is 1.72 bits per heavy atom. The van der Waals surface area contributed by atoms with Gasteiger partial charge in [0, 0.05) is 45.8 Å². The lowest BCUT2D eigenvalue weighted by molar-refractivity contribution is -0.138. The maximum atomic E-state index is 14.1. The van der Waals surface area contributed by atoms with Crippen molar-refractivity contribution in [1.82, 2.24) is 30.7 Å². The summed E-state index contributed by atoms with van der Waals surface area (Å²) in [5.41, 5.74) is 2.33. The number of amides is 5. The summed E-state index contributed by atoms with van der Waals surface area (Å²) >= 11 is 0. The van der Waals surface area contributed by atoms with Gasteiger partial charge in [0.2, 0.25) is 23.6 Å². The molecule has 3 N–H and O–H groups in total. The van der Waals surface area contributed by atoms with Crippen LogP contribution >= 0.6 is 0 Å². The Morgan fingerprint density at radius 3 is 2.45 bits per heavy atom. The van der Waals surface area contributed by atoms with Crippen LogP contribution in [0.5, 0.6) is 5.75 Å². The maximum Gasteiger partial charge on any atom is 0.410 e. The Labute approximate surface area is 313 Å². The molecule has 5 rings (SSSR count). The van der Waals surface area contributed by atoms with Crippen LogP contribution in [0.4, 0.5) is 4.79 Å². The highest BCUT2D eigenvalue weighted by Gasteiger charge is 2.33. The second kappa shape index (κ2) is 18.4. The van der Waals surface area contributed by atoms with E-state index in [-0.39, 0.29) is 37.2 Å². The van der Waals surface area contributed by atoms with Gasteiger partial charge >= 0.3 is 6.09 Å². The number of carbonyl (C=O) groups is 5.